The Balaban J connectivity index is 1.57. The second-order valence-corrected chi connectivity index (χ2v) is 8.42. The monoisotopic (exact) mass is 452 g/mol. The van der Waals surface area contributed by atoms with Crippen LogP contribution in [-0.2, 0) is 0 Å². The summed E-state index contributed by atoms with van der Waals surface area (Å²) in [5.74, 6) is 0.256. The van der Waals surface area contributed by atoms with Gasteiger partial charge in [-0.15, -0.1) is 5.10 Å². The van der Waals surface area contributed by atoms with Crippen molar-refractivity contribution in [3.05, 3.63) is 107 Å². The number of halogens is 1. The van der Waals surface area contributed by atoms with E-state index in [9.17, 15) is 4.79 Å². The lowest BCUT2D eigenvalue weighted by Gasteiger charge is -2.10. The first-order valence-corrected chi connectivity index (χ1v) is 11.0. The molecule has 4 aromatic carbocycles. The third-order valence-electron chi connectivity index (χ3n) is 5.49. The molecule has 0 aliphatic rings. The van der Waals surface area contributed by atoms with Gasteiger partial charge in [0.15, 0.2) is 5.82 Å². The van der Waals surface area contributed by atoms with E-state index >= 15 is 0 Å². The topological polar surface area (TPSA) is 59.8 Å². The van der Waals surface area contributed by atoms with Crippen molar-refractivity contribution in [2.45, 2.75) is 13.8 Å². The maximum Gasteiger partial charge on any atom is 0.295 e. The average molecular weight is 453 g/mol. The van der Waals surface area contributed by atoms with E-state index in [1.807, 2.05) is 92.7 Å². The number of carbonyl (C=O) groups excluding carboxylic acids is 1. The SMILES string of the molecule is Cc1ccc(C)c(-n2nc(C(=O)Nc3ccc4ccccc4c3)nc2-c2cccc(Cl)c2)c1. The average Bonchev–Trinajstić information content (AvgIpc) is 3.26. The lowest BCUT2D eigenvalue weighted by Crippen LogP contribution is -2.14. The maximum absolute atomic E-state index is 13.1. The summed E-state index contributed by atoms with van der Waals surface area (Å²) in [7, 11) is 0. The van der Waals surface area contributed by atoms with E-state index in [4.69, 9.17) is 11.6 Å². The van der Waals surface area contributed by atoms with Crippen LogP contribution in [0.1, 0.15) is 21.7 Å². The van der Waals surface area contributed by atoms with Gasteiger partial charge in [0, 0.05) is 16.3 Å². The van der Waals surface area contributed by atoms with Gasteiger partial charge >= 0.3 is 0 Å². The summed E-state index contributed by atoms with van der Waals surface area (Å²) in [4.78, 5) is 17.7. The minimum atomic E-state index is -0.377. The molecule has 6 heteroatoms. The third kappa shape index (κ3) is 4.23. The van der Waals surface area contributed by atoms with Crippen LogP contribution in [0.15, 0.2) is 84.9 Å². The molecule has 0 fully saturated rings. The van der Waals surface area contributed by atoms with Gasteiger partial charge in [-0.05, 0) is 66.1 Å². The predicted octanol–water partition coefficient (Wildman–Crippen LogP) is 6.61. The lowest BCUT2D eigenvalue weighted by atomic mass is 10.1. The number of hydrogen-bond acceptors (Lipinski definition) is 3. The van der Waals surface area contributed by atoms with Gasteiger partial charge in [-0.2, -0.15) is 0 Å². The summed E-state index contributed by atoms with van der Waals surface area (Å²) in [6, 6.07) is 27.3. The second kappa shape index (κ2) is 8.52. The quantitative estimate of drug-likeness (QED) is 0.333. The summed E-state index contributed by atoms with van der Waals surface area (Å²) >= 11 is 6.24. The van der Waals surface area contributed by atoms with Gasteiger partial charge < -0.3 is 5.32 Å². The van der Waals surface area contributed by atoms with Crippen molar-refractivity contribution in [3.8, 4) is 17.1 Å². The summed E-state index contributed by atoms with van der Waals surface area (Å²) in [5.41, 5.74) is 4.44. The molecule has 1 amide bonds. The van der Waals surface area contributed by atoms with Crippen molar-refractivity contribution in [2.75, 3.05) is 5.32 Å². The summed E-state index contributed by atoms with van der Waals surface area (Å²) in [6.07, 6.45) is 0. The Morgan fingerprint density at radius 2 is 1.70 bits per heavy atom. The first kappa shape index (κ1) is 20.9. The summed E-state index contributed by atoms with van der Waals surface area (Å²) < 4.78 is 1.71. The molecule has 162 valence electrons. The molecule has 5 rings (SSSR count). The highest BCUT2D eigenvalue weighted by Gasteiger charge is 2.20. The van der Waals surface area contributed by atoms with Crippen LogP contribution in [0.3, 0.4) is 0 Å². The Labute approximate surface area is 196 Å². The molecule has 0 aliphatic carbocycles. The molecule has 5 nitrogen and oxygen atoms in total. The minimum Gasteiger partial charge on any atom is -0.319 e. The van der Waals surface area contributed by atoms with Gasteiger partial charge in [-0.3, -0.25) is 4.79 Å². The molecule has 1 N–H and O–H groups in total. The maximum atomic E-state index is 13.1. The van der Waals surface area contributed by atoms with E-state index in [1.54, 1.807) is 10.7 Å². The fourth-order valence-corrected chi connectivity index (χ4v) is 3.98. The first-order valence-electron chi connectivity index (χ1n) is 10.6. The van der Waals surface area contributed by atoms with Crippen LogP contribution in [-0.4, -0.2) is 20.7 Å². The molecular formula is C27H21ClN4O. The summed E-state index contributed by atoms with van der Waals surface area (Å²) in [5, 5.41) is 10.3. The highest BCUT2D eigenvalue weighted by Crippen LogP contribution is 2.26. The number of nitrogens with zero attached hydrogens (tertiary/aromatic N) is 3. The largest absolute Gasteiger partial charge is 0.319 e. The van der Waals surface area contributed by atoms with Gasteiger partial charge in [0.25, 0.3) is 5.91 Å². The van der Waals surface area contributed by atoms with Crippen LogP contribution in [0.5, 0.6) is 0 Å². The van der Waals surface area contributed by atoms with E-state index in [1.165, 1.54) is 0 Å². The number of amides is 1. The number of benzene rings is 4. The molecule has 0 atom stereocenters. The molecule has 33 heavy (non-hydrogen) atoms. The molecule has 1 aromatic heterocycles. The second-order valence-electron chi connectivity index (χ2n) is 7.99. The standard InChI is InChI=1S/C27H21ClN4O/c1-17-10-11-18(2)24(14-17)32-26(21-8-5-9-22(28)15-21)30-25(31-32)27(33)29-23-13-12-19-6-3-4-7-20(19)16-23/h3-16H,1-2H3,(H,29,33). The van der Waals surface area contributed by atoms with Crippen molar-refractivity contribution in [1.82, 2.24) is 14.8 Å². The van der Waals surface area contributed by atoms with Crippen molar-refractivity contribution >= 4 is 34.0 Å². The molecule has 5 aromatic rings. The lowest BCUT2D eigenvalue weighted by molar-refractivity contribution is 0.101. The van der Waals surface area contributed by atoms with E-state index in [2.05, 4.69) is 15.4 Å². The van der Waals surface area contributed by atoms with Crippen molar-refractivity contribution in [1.29, 1.82) is 0 Å². The Morgan fingerprint density at radius 1 is 0.879 bits per heavy atom. The molecule has 0 saturated heterocycles. The van der Waals surface area contributed by atoms with Crippen LogP contribution in [0.4, 0.5) is 5.69 Å². The highest BCUT2D eigenvalue weighted by atomic mass is 35.5. The van der Waals surface area contributed by atoms with Crippen molar-refractivity contribution < 1.29 is 4.79 Å². The van der Waals surface area contributed by atoms with E-state index in [-0.39, 0.29) is 11.7 Å². The zero-order chi connectivity index (χ0) is 22.9. The van der Waals surface area contributed by atoms with Crippen LogP contribution in [0, 0.1) is 13.8 Å². The molecule has 0 saturated carbocycles. The number of aromatic nitrogens is 3. The predicted molar refractivity (Wildman–Crippen MR) is 133 cm³/mol. The van der Waals surface area contributed by atoms with Crippen LogP contribution >= 0.6 is 11.6 Å². The van der Waals surface area contributed by atoms with Gasteiger partial charge in [-0.25, -0.2) is 9.67 Å². The smallest absolute Gasteiger partial charge is 0.295 e. The zero-order valence-corrected chi connectivity index (χ0v) is 19.0. The van der Waals surface area contributed by atoms with Crippen LogP contribution in [0.25, 0.3) is 27.8 Å². The van der Waals surface area contributed by atoms with Gasteiger partial charge in [0.05, 0.1) is 5.69 Å². The molecular weight excluding hydrogens is 432 g/mol. The number of aryl methyl sites for hydroxylation is 2. The van der Waals surface area contributed by atoms with E-state index < -0.39 is 0 Å². The van der Waals surface area contributed by atoms with Gasteiger partial charge in [-0.1, -0.05) is 66.2 Å². The van der Waals surface area contributed by atoms with E-state index in [0.29, 0.717) is 16.5 Å². The summed E-state index contributed by atoms with van der Waals surface area (Å²) in [6.45, 7) is 4.03. The zero-order valence-electron chi connectivity index (χ0n) is 18.2. The Hall–Kier alpha value is -3.96. The minimum absolute atomic E-state index is 0.0824. The van der Waals surface area contributed by atoms with Crippen LogP contribution in [0.2, 0.25) is 5.02 Å². The number of rotatable bonds is 4. The Bertz CT molecular complexity index is 1510. The number of carbonyl (C=O) groups is 1. The first-order chi connectivity index (χ1) is 16.0. The number of hydrogen-bond donors (Lipinski definition) is 1. The van der Waals surface area contributed by atoms with Gasteiger partial charge in [0.1, 0.15) is 0 Å². The molecule has 1 heterocycles. The molecule has 0 aliphatic heterocycles. The molecule has 0 radical (unpaired) electrons. The molecule has 0 unspecified atom stereocenters. The molecule has 0 bridgehead atoms. The number of fused-ring (bicyclic) bond motifs is 1. The normalized spacial score (nSPS) is 11.0. The fraction of sp³-hybridized carbons (Fsp3) is 0.0741. The highest BCUT2D eigenvalue weighted by molar-refractivity contribution is 6.30. The van der Waals surface area contributed by atoms with Crippen molar-refractivity contribution in [3.63, 3.8) is 0 Å². The number of anilines is 1. The van der Waals surface area contributed by atoms with E-state index in [0.717, 1.165) is 33.2 Å². The van der Waals surface area contributed by atoms with Crippen LogP contribution < -0.4 is 5.32 Å². The Morgan fingerprint density at radius 3 is 2.52 bits per heavy atom. The number of nitrogens with one attached hydrogen (secondary N) is 1. The van der Waals surface area contributed by atoms with Crippen molar-refractivity contribution in [2.24, 2.45) is 0 Å². The third-order valence-corrected chi connectivity index (χ3v) is 5.73. The van der Waals surface area contributed by atoms with Gasteiger partial charge in [0.2, 0.25) is 5.82 Å². The fourth-order valence-electron chi connectivity index (χ4n) is 3.79. The Kier molecular flexibility index (Phi) is 5.40. The molecule has 0 spiro atoms.